The number of carbonyl (C=O) groups is 2. The van der Waals surface area contributed by atoms with Gasteiger partial charge in [-0.3, -0.25) is 18.7 Å². The van der Waals surface area contributed by atoms with Crippen molar-refractivity contribution in [2.24, 2.45) is 5.73 Å². The molecule has 34 heavy (non-hydrogen) atoms. The molecule has 0 spiro atoms. The lowest BCUT2D eigenvalue weighted by molar-refractivity contribution is 0.0980. The number of fused-ring (bicyclic) bond motifs is 2. The fourth-order valence-electron chi connectivity index (χ4n) is 4.06. The van der Waals surface area contributed by atoms with E-state index in [1.165, 1.54) is 36.4 Å². The van der Waals surface area contributed by atoms with Gasteiger partial charge in [-0.25, -0.2) is 0 Å². The Kier molecular flexibility index (Phi) is 5.34. The largest absolute Gasteiger partial charge is 0.397 e. The molecule has 0 heterocycles. The second kappa shape index (κ2) is 7.72. The van der Waals surface area contributed by atoms with Gasteiger partial charge in [0, 0.05) is 34.4 Å². The predicted octanol–water partition coefficient (Wildman–Crippen LogP) is 1.25. The Bertz CT molecular complexity index is 1640. The summed E-state index contributed by atoms with van der Waals surface area (Å²) in [7, 11) is -10.1. The number of nitrogens with two attached hydrogens (primary N) is 3. The van der Waals surface area contributed by atoms with Crippen LogP contribution in [0.5, 0.6) is 0 Å². The van der Waals surface area contributed by atoms with E-state index in [2.05, 4.69) is 0 Å². The summed E-state index contributed by atoms with van der Waals surface area (Å²) in [6, 6.07) is 9.12. The maximum atomic E-state index is 13.5. The van der Waals surface area contributed by atoms with Gasteiger partial charge in [0.2, 0.25) is 0 Å². The van der Waals surface area contributed by atoms with E-state index in [0.29, 0.717) is 5.56 Å². The standard InChI is InChI=1S/C21H17N3O8S2/c22-8-9-5-6-13(33(27,28)29)12(7-9)14-15-16(18(24)21(17(14)23)34(30,31)32)20(26)11-4-2-1-3-10(11)19(15)25/h1-7H,8,22-24H2,(H,27,28,29)(H,30,31,32). The Labute approximate surface area is 193 Å². The number of rotatable bonds is 4. The van der Waals surface area contributed by atoms with Crippen molar-refractivity contribution in [1.82, 2.24) is 0 Å². The Hall–Kier alpha value is -3.62. The van der Waals surface area contributed by atoms with E-state index in [-0.39, 0.29) is 17.7 Å². The van der Waals surface area contributed by atoms with Crippen LogP contribution in [-0.4, -0.2) is 37.5 Å². The van der Waals surface area contributed by atoms with Crippen LogP contribution in [0.1, 0.15) is 37.4 Å². The van der Waals surface area contributed by atoms with E-state index in [0.717, 1.165) is 6.07 Å². The summed E-state index contributed by atoms with van der Waals surface area (Å²) < 4.78 is 68.3. The van der Waals surface area contributed by atoms with Crippen molar-refractivity contribution in [3.63, 3.8) is 0 Å². The van der Waals surface area contributed by atoms with Crippen LogP contribution in [0.3, 0.4) is 0 Å². The SMILES string of the molecule is NCc1ccc(S(=O)(=O)O)c(-c2c(N)c(S(=O)(=O)O)c(N)c3c2C(=O)c2ccccc2C3=O)c1. The first-order valence-corrected chi connectivity index (χ1v) is 12.4. The molecule has 0 amide bonds. The van der Waals surface area contributed by atoms with E-state index < -0.39 is 75.2 Å². The number of anilines is 2. The number of ketones is 2. The highest BCUT2D eigenvalue weighted by atomic mass is 32.2. The van der Waals surface area contributed by atoms with Gasteiger partial charge in [-0.2, -0.15) is 16.8 Å². The number of hydrogen-bond donors (Lipinski definition) is 5. The van der Waals surface area contributed by atoms with Gasteiger partial charge >= 0.3 is 0 Å². The molecule has 11 nitrogen and oxygen atoms in total. The van der Waals surface area contributed by atoms with Crippen LogP contribution in [0.4, 0.5) is 11.4 Å². The van der Waals surface area contributed by atoms with Crippen molar-refractivity contribution in [2.45, 2.75) is 16.3 Å². The Morgan fingerprint density at radius 1 is 0.706 bits per heavy atom. The lowest BCUT2D eigenvalue weighted by Crippen LogP contribution is -2.26. The summed E-state index contributed by atoms with van der Waals surface area (Å²) >= 11 is 0. The Balaban J connectivity index is 2.30. The third kappa shape index (κ3) is 3.46. The Morgan fingerprint density at radius 2 is 1.24 bits per heavy atom. The quantitative estimate of drug-likeness (QED) is 0.197. The lowest BCUT2D eigenvalue weighted by atomic mass is 9.79. The maximum Gasteiger partial charge on any atom is 0.298 e. The molecule has 0 aliphatic heterocycles. The summed E-state index contributed by atoms with van der Waals surface area (Å²) in [5.41, 5.74) is 14.4. The minimum atomic E-state index is -5.16. The summed E-state index contributed by atoms with van der Waals surface area (Å²) in [5, 5.41) is 0. The summed E-state index contributed by atoms with van der Waals surface area (Å²) in [5.74, 6) is -1.63. The minimum absolute atomic E-state index is 0.0527. The van der Waals surface area contributed by atoms with Crippen LogP contribution >= 0.6 is 0 Å². The summed E-state index contributed by atoms with van der Waals surface area (Å²) in [6.45, 7) is -0.101. The van der Waals surface area contributed by atoms with Crippen molar-refractivity contribution in [3.05, 3.63) is 70.3 Å². The zero-order valence-corrected chi connectivity index (χ0v) is 18.8. The van der Waals surface area contributed by atoms with Crippen molar-refractivity contribution < 1.29 is 35.5 Å². The molecule has 1 aliphatic carbocycles. The zero-order chi connectivity index (χ0) is 25.2. The molecule has 1 aliphatic rings. The number of carbonyl (C=O) groups excluding carboxylic acids is 2. The minimum Gasteiger partial charge on any atom is -0.397 e. The second-order valence-corrected chi connectivity index (χ2v) is 10.2. The molecule has 0 saturated carbocycles. The first kappa shape index (κ1) is 23.5. The number of hydrogen-bond acceptors (Lipinski definition) is 9. The zero-order valence-electron chi connectivity index (χ0n) is 17.1. The normalized spacial score (nSPS) is 13.5. The first-order chi connectivity index (χ1) is 15.8. The van der Waals surface area contributed by atoms with E-state index in [1.54, 1.807) is 0 Å². The molecule has 0 fully saturated rings. The molecule has 3 aromatic rings. The van der Waals surface area contributed by atoms with Gasteiger partial charge < -0.3 is 17.2 Å². The highest BCUT2D eigenvalue weighted by molar-refractivity contribution is 7.86. The van der Waals surface area contributed by atoms with E-state index in [9.17, 15) is 35.5 Å². The van der Waals surface area contributed by atoms with Crippen molar-refractivity contribution in [2.75, 3.05) is 11.5 Å². The summed E-state index contributed by atoms with van der Waals surface area (Å²) in [4.78, 5) is 25.0. The molecule has 0 radical (unpaired) electrons. The molecule has 0 bridgehead atoms. The van der Waals surface area contributed by atoms with Gasteiger partial charge in [0.25, 0.3) is 20.2 Å². The molecular formula is C21H17N3O8S2. The fourth-order valence-corrected chi connectivity index (χ4v) is 5.50. The molecule has 13 heteroatoms. The van der Waals surface area contributed by atoms with Crippen LogP contribution in [0.15, 0.2) is 52.3 Å². The number of nitrogen functional groups attached to an aromatic ring is 2. The third-order valence-electron chi connectivity index (χ3n) is 5.48. The average Bonchev–Trinajstić information content (AvgIpc) is 2.75. The molecule has 0 aromatic heterocycles. The van der Waals surface area contributed by atoms with Gasteiger partial charge in [-0.1, -0.05) is 30.3 Å². The van der Waals surface area contributed by atoms with Crippen LogP contribution in [-0.2, 0) is 26.8 Å². The molecule has 8 N–H and O–H groups in total. The van der Waals surface area contributed by atoms with Gasteiger partial charge in [0.05, 0.1) is 16.9 Å². The average molecular weight is 504 g/mol. The molecular weight excluding hydrogens is 486 g/mol. The Morgan fingerprint density at radius 3 is 1.74 bits per heavy atom. The molecule has 0 atom stereocenters. The summed E-state index contributed by atoms with van der Waals surface area (Å²) in [6.07, 6.45) is 0. The highest BCUT2D eigenvalue weighted by Crippen LogP contribution is 2.46. The molecule has 0 unspecified atom stereocenters. The van der Waals surface area contributed by atoms with Crippen LogP contribution in [0.2, 0.25) is 0 Å². The molecule has 176 valence electrons. The van der Waals surface area contributed by atoms with Crippen molar-refractivity contribution in [1.29, 1.82) is 0 Å². The van der Waals surface area contributed by atoms with Gasteiger partial charge in [0.15, 0.2) is 11.6 Å². The van der Waals surface area contributed by atoms with E-state index in [1.807, 2.05) is 0 Å². The van der Waals surface area contributed by atoms with Gasteiger partial charge in [0.1, 0.15) is 9.79 Å². The second-order valence-electron chi connectivity index (χ2n) is 7.47. The fraction of sp³-hybridized carbons (Fsp3) is 0.0476. The van der Waals surface area contributed by atoms with Gasteiger partial charge in [-0.05, 0) is 17.7 Å². The van der Waals surface area contributed by atoms with Crippen LogP contribution < -0.4 is 17.2 Å². The first-order valence-electron chi connectivity index (χ1n) is 9.50. The van der Waals surface area contributed by atoms with E-state index in [4.69, 9.17) is 17.2 Å². The topological polar surface area (TPSA) is 221 Å². The predicted molar refractivity (Wildman–Crippen MR) is 122 cm³/mol. The number of benzene rings is 3. The lowest BCUT2D eigenvalue weighted by Gasteiger charge is -2.25. The molecule has 4 rings (SSSR count). The third-order valence-corrected chi connectivity index (χ3v) is 7.35. The van der Waals surface area contributed by atoms with Crippen LogP contribution in [0.25, 0.3) is 11.1 Å². The van der Waals surface area contributed by atoms with E-state index >= 15 is 0 Å². The van der Waals surface area contributed by atoms with Crippen molar-refractivity contribution >= 4 is 43.2 Å². The maximum absolute atomic E-state index is 13.5. The van der Waals surface area contributed by atoms with Crippen LogP contribution in [0, 0.1) is 0 Å². The monoisotopic (exact) mass is 503 g/mol. The van der Waals surface area contributed by atoms with Crippen molar-refractivity contribution in [3.8, 4) is 11.1 Å². The molecule has 3 aromatic carbocycles. The molecule has 0 saturated heterocycles. The van der Waals surface area contributed by atoms with Gasteiger partial charge in [-0.15, -0.1) is 0 Å². The smallest absolute Gasteiger partial charge is 0.298 e. The highest BCUT2D eigenvalue weighted by Gasteiger charge is 2.39.